The number of aromatic nitrogens is 1. The number of piperidine rings is 1. The average Bonchev–Trinajstić information content (AvgIpc) is 2.84. The Morgan fingerprint density at radius 3 is 2.62 bits per heavy atom. The highest BCUT2D eigenvalue weighted by Crippen LogP contribution is 2.40. The molecule has 2 bridgehead atoms. The number of ether oxygens (including phenoxy) is 1. The number of nitriles is 1. The van der Waals surface area contributed by atoms with E-state index in [-0.39, 0.29) is 23.3 Å². The second-order valence-corrected chi connectivity index (χ2v) is 8.51. The first-order chi connectivity index (χ1) is 15.6. The topological polar surface area (TPSA) is 75.3 Å². The van der Waals surface area contributed by atoms with Crippen LogP contribution in [0, 0.1) is 17.2 Å². The van der Waals surface area contributed by atoms with Gasteiger partial charge in [0, 0.05) is 48.4 Å². The van der Waals surface area contributed by atoms with Gasteiger partial charge >= 0.3 is 0 Å². The molecule has 0 saturated carbocycles. The summed E-state index contributed by atoms with van der Waals surface area (Å²) in [6, 6.07) is 20.3. The quantitative estimate of drug-likeness (QED) is 0.642. The molecule has 1 amide bonds. The Hall–Kier alpha value is -3.85. The number of methoxy groups -OCH3 is 1. The number of likely N-dealkylation sites (tertiary alicyclic amines) is 1. The van der Waals surface area contributed by atoms with E-state index in [1.165, 1.54) is 0 Å². The molecule has 0 spiro atoms. The van der Waals surface area contributed by atoms with Crippen molar-refractivity contribution in [3.8, 4) is 22.9 Å². The number of hydrogen-bond acceptors (Lipinski definition) is 4. The van der Waals surface area contributed by atoms with Crippen LogP contribution >= 0.6 is 0 Å². The van der Waals surface area contributed by atoms with Gasteiger partial charge < -0.3 is 14.2 Å². The van der Waals surface area contributed by atoms with Crippen LogP contribution in [0.1, 0.15) is 34.0 Å². The fourth-order valence-electron chi connectivity index (χ4n) is 5.10. The highest BCUT2D eigenvalue weighted by atomic mass is 16.5. The predicted molar refractivity (Wildman–Crippen MR) is 121 cm³/mol. The zero-order valence-electron chi connectivity index (χ0n) is 17.8. The fraction of sp³-hybridized carbons (Fsp3) is 0.269. The Morgan fingerprint density at radius 1 is 1.06 bits per heavy atom. The van der Waals surface area contributed by atoms with E-state index < -0.39 is 0 Å². The predicted octanol–water partition coefficient (Wildman–Crippen LogP) is 3.66. The van der Waals surface area contributed by atoms with Gasteiger partial charge in [-0.05, 0) is 60.4 Å². The van der Waals surface area contributed by atoms with Gasteiger partial charge in [-0.2, -0.15) is 5.26 Å². The fourth-order valence-corrected chi connectivity index (χ4v) is 5.10. The van der Waals surface area contributed by atoms with Crippen molar-refractivity contribution in [2.45, 2.75) is 18.9 Å². The lowest BCUT2D eigenvalue weighted by atomic mass is 9.80. The van der Waals surface area contributed by atoms with Crippen LogP contribution in [0.25, 0.3) is 11.1 Å². The monoisotopic (exact) mass is 425 g/mol. The summed E-state index contributed by atoms with van der Waals surface area (Å²) in [5.41, 5.74) is 4.06. The van der Waals surface area contributed by atoms with E-state index in [0.29, 0.717) is 30.8 Å². The summed E-state index contributed by atoms with van der Waals surface area (Å²) in [4.78, 5) is 27.9. The number of carbonyl (C=O) groups is 1. The van der Waals surface area contributed by atoms with Crippen LogP contribution in [0.5, 0.6) is 5.75 Å². The van der Waals surface area contributed by atoms with Gasteiger partial charge in [0.1, 0.15) is 5.75 Å². The van der Waals surface area contributed by atoms with E-state index in [4.69, 9.17) is 4.74 Å². The highest BCUT2D eigenvalue weighted by molar-refractivity contribution is 5.94. The van der Waals surface area contributed by atoms with Crippen molar-refractivity contribution in [2.24, 2.45) is 5.92 Å². The zero-order valence-corrected chi connectivity index (χ0v) is 17.8. The van der Waals surface area contributed by atoms with Gasteiger partial charge in [0.2, 0.25) is 0 Å². The summed E-state index contributed by atoms with van der Waals surface area (Å²) in [6.45, 7) is 1.81. The summed E-state index contributed by atoms with van der Waals surface area (Å²) in [6.07, 6.45) is 0.945. The van der Waals surface area contributed by atoms with E-state index >= 15 is 0 Å². The van der Waals surface area contributed by atoms with E-state index in [0.717, 1.165) is 29.0 Å². The minimum atomic E-state index is -0.00943. The lowest BCUT2D eigenvalue weighted by Crippen LogP contribution is -2.49. The molecule has 2 aromatic carbocycles. The summed E-state index contributed by atoms with van der Waals surface area (Å²) in [7, 11) is 1.60. The molecule has 0 unspecified atom stereocenters. The molecule has 2 atom stereocenters. The molecule has 0 aliphatic carbocycles. The van der Waals surface area contributed by atoms with Gasteiger partial charge in [0.15, 0.2) is 0 Å². The Balaban J connectivity index is 1.51. The van der Waals surface area contributed by atoms with Gasteiger partial charge in [-0.1, -0.05) is 12.1 Å². The molecule has 32 heavy (non-hydrogen) atoms. The Bertz CT molecular complexity index is 1290. The van der Waals surface area contributed by atoms with Gasteiger partial charge in [-0.3, -0.25) is 9.59 Å². The molecular formula is C26H23N3O3. The summed E-state index contributed by atoms with van der Waals surface area (Å²) in [5.74, 6) is 1.03. The van der Waals surface area contributed by atoms with Gasteiger partial charge in [0.05, 0.1) is 18.7 Å². The van der Waals surface area contributed by atoms with Crippen LogP contribution in [-0.4, -0.2) is 35.6 Å². The van der Waals surface area contributed by atoms with Crippen molar-refractivity contribution >= 4 is 5.91 Å². The molecule has 1 aromatic heterocycles. The number of benzene rings is 2. The van der Waals surface area contributed by atoms with Gasteiger partial charge in [-0.15, -0.1) is 0 Å². The molecule has 3 heterocycles. The summed E-state index contributed by atoms with van der Waals surface area (Å²) >= 11 is 0. The first kappa shape index (κ1) is 20.1. The first-order valence-corrected chi connectivity index (χ1v) is 10.7. The molecule has 6 heteroatoms. The molecule has 2 aliphatic rings. The Labute approximate surface area is 186 Å². The molecule has 1 fully saturated rings. The smallest absolute Gasteiger partial charge is 0.253 e. The minimum absolute atomic E-state index is 0.00195. The second-order valence-electron chi connectivity index (χ2n) is 8.51. The number of nitrogens with zero attached hydrogens (tertiary/aromatic N) is 3. The van der Waals surface area contributed by atoms with Crippen LogP contribution in [-0.2, 0) is 6.54 Å². The third-order valence-electron chi connectivity index (χ3n) is 6.52. The SMILES string of the molecule is COc1ccc(C(=O)N2C[C@@H]3C[C@H](C2)c2c(-c4cccc(C#N)c4)ccc(=O)n2C3)cc1. The maximum Gasteiger partial charge on any atom is 0.253 e. The van der Waals surface area contributed by atoms with Crippen LogP contribution in [0.4, 0.5) is 0 Å². The number of fused-ring (bicyclic) bond motifs is 4. The molecule has 1 saturated heterocycles. The van der Waals surface area contributed by atoms with Crippen LogP contribution < -0.4 is 10.3 Å². The Kier molecular flexibility index (Phi) is 5.02. The van der Waals surface area contributed by atoms with Crippen LogP contribution in [0.15, 0.2) is 65.5 Å². The molecule has 0 N–H and O–H groups in total. The number of amides is 1. The number of rotatable bonds is 3. The maximum atomic E-state index is 13.2. The standard InChI is InChI=1S/C26H23N3O3/c1-32-22-7-5-19(6-8-22)26(31)28-14-18-12-21(16-28)25-23(9-10-24(30)29(25)15-18)20-4-2-3-17(11-20)13-27/h2-11,18,21H,12,14-16H2,1H3/t18-,21+/m0/s1. The largest absolute Gasteiger partial charge is 0.497 e. The molecular weight excluding hydrogens is 402 g/mol. The molecule has 160 valence electrons. The third-order valence-corrected chi connectivity index (χ3v) is 6.52. The van der Waals surface area contributed by atoms with Crippen molar-refractivity contribution < 1.29 is 9.53 Å². The summed E-state index contributed by atoms with van der Waals surface area (Å²) in [5, 5.41) is 9.31. The van der Waals surface area contributed by atoms with Gasteiger partial charge in [0.25, 0.3) is 11.5 Å². The van der Waals surface area contributed by atoms with E-state index in [1.54, 1.807) is 43.5 Å². The zero-order chi connectivity index (χ0) is 22.2. The lowest BCUT2D eigenvalue weighted by Gasteiger charge is -2.43. The number of carbonyl (C=O) groups excluding carboxylic acids is 1. The van der Waals surface area contributed by atoms with E-state index in [1.807, 2.05) is 33.7 Å². The maximum absolute atomic E-state index is 13.2. The van der Waals surface area contributed by atoms with Crippen molar-refractivity contribution in [3.05, 3.63) is 87.8 Å². The number of pyridine rings is 1. The summed E-state index contributed by atoms with van der Waals surface area (Å²) < 4.78 is 7.08. The minimum Gasteiger partial charge on any atom is -0.497 e. The molecule has 6 nitrogen and oxygen atoms in total. The molecule has 2 aliphatic heterocycles. The highest BCUT2D eigenvalue weighted by Gasteiger charge is 2.38. The van der Waals surface area contributed by atoms with Crippen molar-refractivity contribution in [1.29, 1.82) is 5.26 Å². The van der Waals surface area contributed by atoms with Crippen molar-refractivity contribution in [1.82, 2.24) is 9.47 Å². The van der Waals surface area contributed by atoms with E-state index in [2.05, 4.69) is 6.07 Å². The normalized spacial score (nSPS) is 19.1. The van der Waals surface area contributed by atoms with Crippen LogP contribution in [0.3, 0.4) is 0 Å². The molecule has 0 radical (unpaired) electrons. The van der Waals surface area contributed by atoms with Crippen LogP contribution in [0.2, 0.25) is 0 Å². The second kappa shape index (κ2) is 8.01. The average molecular weight is 425 g/mol. The lowest BCUT2D eigenvalue weighted by molar-refractivity contribution is 0.0595. The third kappa shape index (κ3) is 3.46. The first-order valence-electron chi connectivity index (χ1n) is 10.7. The number of hydrogen-bond donors (Lipinski definition) is 0. The van der Waals surface area contributed by atoms with Gasteiger partial charge in [-0.25, -0.2) is 0 Å². The Morgan fingerprint density at radius 2 is 1.88 bits per heavy atom. The van der Waals surface area contributed by atoms with Crippen molar-refractivity contribution in [3.63, 3.8) is 0 Å². The molecule has 3 aromatic rings. The molecule has 5 rings (SSSR count). The van der Waals surface area contributed by atoms with E-state index in [9.17, 15) is 14.9 Å². The van der Waals surface area contributed by atoms with Crippen molar-refractivity contribution in [2.75, 3.05) is 20.2 Å².